The fourth-order valence-corrected chi connectivity index (χ4v) is 2.70. The quantitative estimate of drug-likeness (QED) is 0.666. The molecule has 1 amide bonds. The second-order valence-corrected chi connectivity index (χ2v) is 6.35. The van der Waals surface area contributed by atoms with Gasteiger partial charge < -0.3 is 14.5 Å². The maximum Gasteiger partial charge on any atom is 0.288 e. The van der Waals surface area contributed by atoms with Crippen LogP contribution in [0.4, 0.5) is 0 Å². The third-order valence-corrected chi connectivity index (χ3v) is 4.05. The second kappa shape index (κ2) is 9.43. The summed E-state index contributed by atoms with van der Waals surface area (Å²) in [6, 6.07) is 15.7. The number of nitrogens with zero attached hydrogens (tertiary/aromatic N) is 1. The molecule has 1 aromatic heterocycles. The number of benzene rings is 2. The van der Waals surface area contributed by atoms with Crippen LogP contribution in [0.3, 0.4) is 0 Å². The number of amides is 1. The monoisotopic (exact) mass is 374 g/mol. The minimum atomic E-state index is -0.261. The van der Waals surface area contributed by atoms with Crippen LogP contribution in [0, 0.1) is 11.8 Å². The van der Waals surface area contributed by atoms with Crippen LogP contribution in [0.1, 0.15) is 41.1 Å². The maximum atomic E-state index is 12.0. The van der Waals surface area contributed by atoms with E-state index >= 15 is 0 Å². The van der Waals surface area contributed by atoms with Crippen LogP contribution >= 0.6 is 0 Å². The first kappa shape index (κ1) is 19.2. The van der Waals surface area contributed by atoms with Crippen molar-refractivity contribution in [1.29, 1.82) is 0 Å². The highest BCUT2D eigenvalue weighted by Gasteiger charge is 2.12. The molecule has 28 heavy (non-hydrogen) atoms. The average molecular weight is 374 g/mol. The van der Waals surface area contributed by atoms with Crippen molar-refractivity contribution >= 4 is 5.91 Å². The van der Waals surface area contributed by atoms with E-state index in [-0.39, 0.29) is 17.7 Å². The molecule has 0 spiro atoms. The number of nitrogens with one attached hydrogen (secondary N) is 1. The molecule has 1 N–H and O–H groups in total. The van der Waals surface area contributed by atoms with Crippen molar-refractivity contribution in [3.05, 3.63) is 83.6 Å². The van der Waals surface area contributed by atoms with Crippen molar-refractivity contribution in [1.82, 2.24) is 10.3 Å². The van der Waals surface area contributed by atoms with Crippen molar-refractivity contribution in [3.8, 4) is 17.6 Å². The van der Waals surface area contributed by atoms with Crippen LogP contribution in [-0.2, 0) is 6.42 Å². The average Bonchev–Trinajstić information content (AvgIpc) is 3.24. The van der Waals surface area contributed by atoms with E-state index in [1.54, 1.807) is 0 Å². The summed E-state index contributed by atoms with van der Waals surface area (Å²) >= 11 is 0. The first-order valence-electron chi connectivity index (χ1n) is 9.17. The Kier molecular flexibility index (Phi) is 6.48. The van der Waals surface area contributed by atoms with Gasteiger partial charge in [-0.25, -0.2) is 4.98 Å². The highest BCUT2D eigenvalue weighted by atomic mass is 16.5. The third kappa shape index (κ3) is 5.49. The first-order chi connectivity index (χ1) is 13.6. The molecule has 1 unspecified atom stereocenters. The Bertz CT molecular complexity index is 950. The number of oxazole rings is 1. The molecule has 0 saturated heterocycles. The summed E-state index contributed by atoms with van der Waals surface area (Å²) in [5, 5.41) is 2.89. The van der Waals surface area contributed by atoms with Crippen LogP contribution < -0.4 is 10.1 Å². The summed E-state index contributed by atoms with van der Waals surface area (Å²) in [6.07, 6.45) is 3.36. The SMILES string of the molecule is CCOc1ccc(C#Cc2ccc(CC(C)NC(=O)c3cnco3)cc2)cc1. The molecule has 0 saturated carbocycles. The van der Waals surface area contributed by atoms with Crippen LogP contribution in [0.25, 0.3) is 0 Å². The number of carbonyl (C=O) groups excluding carboxylic acids is 1. The minimum Gasteiger partial charge on any atom is -0.494 e. The van der Waals surface area contributed by atoms with E-state index in [9.17, 15) is 4.79 Å². The molecular formula is C23H22N2O3. The van der Waals surface area contributed by atoms with Crippen molar-refractivity contribution in [2.24, 2.45) is 0 Å². The van der Waals surface area contributed by atoms with Gasteiger partial charge in [-0.15, -0.1) is 0 Å². The number of aromatic nitrogens is 1. The normalized spacial score (nSPS) is 11.2. The lowest BCUT2D eigenvalue weighted by Crippen LogP contribution is -2.33. The molecule has 1 atom stereocenters. The van der Waals surface area contributed by atoms with Gasteiger partial charge in [0, 0.05) is 17.2 Å². The number of ether oxygens (including phenoxy) is 1. The number of hydrogen-bond acceptors (Lipinski definition) is 4. The molecule has 3 aromatic rings. The maximum absolute atomic E-state index is 12.0. The summed E-state index contributed by atoms with van der Waals surface area (Å²) in [4.78, 5) is 15.7. The zero-order valence-corrected chi connectivity index (χ0v) is 15.9. The van der Waals surface area contributed by atoms with Crippen molar-refractivity contribution < 1.29 is 13.9 Å². The Morgan fingerprint density at radius 1 is 1.11 bits per heavy atom. The van der Waals surface area contributed by atoms with E-state index in [0.717, 1.165) is 22.4 Å². The molecule has 5 nitrogen and oxygen atoms in total. The Morgan fingerprint density at radius 2 is 1.75 bits per heavy atom. The molecular weight excluding hydrogens is 352 g/mol. The van der Waals surface area contributed by atoms with E-state index in [2.05, 4.69) is 22.1 Å². The third-order valence-electron chi connectivity index (χ3n) is 4.05. The molecule has 0 aliphatic carbocycles. The lowest BCUT2D eigenvalue weighted by Gasteiger charge is -2.12. The van der Waals surface area contributed by atoms with Gasteiger partial charge in [0.25, 0.3) is 5.91 Å². The molecule has 0 aliphatic rings. The van der Waals surface area contributed by atoms with Crippen LogP contribution in [0.5, 0.6) is 5.75 Å². The van der Waals surface area contributed by atoms with Gasteiger partial charge in [-0.3, -0.25) is 4.79 Å². The highest BCUT2D eigenvalue weighted by molar-refractivity contribution is 5.91. The van der Waals surface area contributed by atoms with Crippen molar-refractivity contribution in [3.63, 3.8) is 0 Å². The molecule has 3 rings (SSSR count). The second-order valence-electron chi connectivity index (χ2n) is 6.35. The van der Waals surface area contributed by atoms with Gasteiger partial charge >= 0.3 is 0 Å². The largest absolute Gasteiger partial charge is 0.494 e. The molecule has 0 fully saturated rings. The van der Waals surface area contributed by atoms with Gasteiger partial charge in [-0.05, 0) is 62.2 Å². The van der Waals surface area contributed by atoms with Crippen LogP contribution in [0.15, 0.2) is 65.5 Å². The minimum absolute atomic E-state index is 0.0293. The fourth-order valence-electron chi connectivity index (χ4n) is 2.70. The Balaban J connectivity index is 1.55. The Hall–Kier alpha value is -3.52. The fraction of sp³-hybridized carbons (Fsp3) is 0.217. The molecule has 5 heteroatoms. The van der Waals surface area contributed by atoms with E-state index in [0.29, 0.717) is 13.0 Å². The van der Waals surface area contributed by atoms with E-state index in [1.165, 1.54) is 12.6 Å². The summed E-state index contributed by atoms with van der Waals surface area (Å²) in [6.45, 7) is 4.57. The highest BCUT2D eigenvalue weighted by Crippen LogP contribution is 2.12. The van der Waals surface area contributed by atoms with E-state index < -0.39 is 0 Å². The van der Waals surface area contributed by atoms with Gasteiger partial charge in [-0.1, -0.05) is 24.0 Å². The van der Waals surface area contributed by atoms with Crippen LogP contribution in [0.2, 0.25) is 0 Å². The van der Waals surface area contributed by atoms with E-state index in [4.69, 9.17) is 9.15 Å². The van der Waals surface area contributed by atoms with Crippen molar-refractivity contribution in [2.45, 2.75) is 26.3 Å². The zero-order valence-electron chi connectivity index (χ0n) is 15.9. The predicted molar refractivity (Wildman–Crippen MR) is 107 cm³/mol. The van der Waals surface area contributed by atoms with Gasteiger partial charge in [0.15, 0.2) is 6.39 Å². The molecule has 0 radical (unpaired) electrons. The number of carbonyl (C=O) groups is 1. The predicted octanol–water partition coefficient (Wildman–Crippen LogP) is 3.83. The van der Waals surface area contributed by atoms with Gasteiger partial charge in [0.2, 0.25) is 5.76 Å². The standard InChI is InChI=1S/C23H22N2O3/c1-3-27-21-12-10-19(11-13-21)5-4-18-6-8-20(9-7-18)14-17(2)25-23(26)22-15-24-16-28-22/h6-13,15-17H,3,14H2,1-2H3,(H,25,26). The first-order valence-corrected chi connectivity index (χ1v) is 9.17. The molecule has 2 aromatic carbocycles. The zero-order chi connectivity index (χ0) is 19.8. The molecule has 1 heterocycles. The summed E-state index contributed by atoms with van der Waals surface area (Å²) in [5.74, 6) is 7.12. The molecule has 142 valence electrons. The summed E-state index contributed by atoms with van der Waals surface area (Å²) in [7, 11) is 0. The Morgan fingerprint density at radius 3 is 2.32 bits per heavy atom. The summed E-state index contributed by atoms with van der Waals surface area (Å²) < 4.78 is 10.4. The lowest BCUT2D eigenvalue weighted by atomic mass is 10.0. The van der Waals surface area contributed by atoms with Gasteiger partial charge in [-0.2, -0.15) is 0 Å². The molecule has 0 bridgehead atoms. The van der Waals surface area contributed by atoms with Gasteiger partial charge in [0.05, 0.1) is 12.8 Å². The van der Waals surface area contributed by atoms with Gasteiger partial charge in [0.1, 0.15) is 5.75 Å². The van der Waals surface area contributed by atoms with Crippen molar-refractivity contribution in [2.75, 3.05) is 6.61 Å². The lowest BCUT2D eigenvalue weighted by molar-refractivity contribution is 0.0912. The smallest absolute Gasteiger partial charge is 0.288 e. The van der Waals surface area contributed by atoms with E-state index in [1.807, 2.05) is 62.4 Å². The molecule has 0 aliphatic heterocycles. The Labute approximate surface area is 164 Å². The summed E-state index contributed by atoms with van der Waals surface area (Å²) in [5.41, 5.74) is 3.00. The number of hydrogen-bond donors (Lipinski definition) is 1. The van der Waals surface area contributed by atoms with Crippen LogP contribution in [-0.4, -0.2) is 23.5 Å². The topological polar surface area (TPSA) is 64.4 Å². The number of rotatable bonds is 6.